The van der Waals surface area contributed by atoms with Gasteiger partial charge in [0.25, 0.3) is 0 Å². The Balaban J connectivity index is 0.899. The molecule has 5 aliphatic carbocycles. The molecule has 0 aromatic rings. The third-order valence-corrected chi connectivity index (χ3v) is 21.2. The summed E-state index contributed by atoms with van der Waals surface area (Å²) in [6, 6.07) is 0. The van der Waals surface area contributed by atoms with Crippen LogP contribution in [0.15, 0.2) is 11.6 Å². The molecule has 9 aliphatic rings. The summed E-state index contributed by atoms with van der Waals surface area (Å²) in [6.07, 6.45) is -22.4. The summed E-state index contributed by atoms with van der Waals surface area (Å²) in [5.74, 6) is -0.514. The predicted molar refractivity (Wildman–Crippen MR) is 257 cm³/mol. The lowest BCUT2D eigenvalue weighted by Gasteiger charge is -2.71. The van der Waals surface area contributed by atoms with E-state index in [-0.39, 0.29) is 52.6 Å². The van der Waals surface area contributed by atoms with Gasteiger partial charge in [0.2, 0.25) is 0 Å². The topological polar surface area (TPSA) is 354 Å². The van der Waals surface area contributed by atoms with Crippen molar-refractivity contribution in [1.82, 2.24) is 0 Å². The molecule has 28 atom stereocenters. The average molecular weight is 1080 g/mol. The van der Waals surface area contributed by atoms with Crippen LogP contribution in [0.2, 0.25) is 0 Å². The molecule has 4 saturated heterocycles. The smallest absolute Gasteiger partial charge is 0.310 e. The SMILES string of the molecule is C[C@@H]1O[C@@H](O[C@H]2[C@H](O[C@H]3CC[C@@]4(C)C(CC[C@]5(C)[C@@H]4CC=C4[C@H]6CC(C)(C)CC[C@]6(C(=O)O)CC[C@]45C)[C@]3(C)CO)OC[C@H](O)[C@@H]2O)[C@H](O)[C@H](O[C@@H]2O[C@H](CO)[C@@H](O[C@@H]3O[C@H](CO)[C@@H](O)[C@H](O)[C@H]3O)[C@H](O)[C@H]2O)[C@H]1O. The molecule has 22 nitrogen and oxygen atoms in total. The summed E-state index contributed by atoms with van der Waals surface area (Å²) in [7, 11) is 0. The van der Waals surface area contributed by atoms with Crippen LogP contribution in [-0.4, -0.2) is 222 Å². The number of aliphatic hydroxyl groups is 12. The monoisotopic (exact) mass is 1070 g/mol. The van der Waals surface area contributed by atoms with Crippen molar-refractivity contribution < 1.29 is 109 Å². The minimum Gasteiger partial charge on any atom is -0.481 e. The van der Waals surface area contributed by atoms with Crippen molar-refractivity contribution in [3.8, 4) is 0 Å². The summed E-state index contributed by atoms with van der Waals surface area (Å²) in [6.45, 7) is 12.9. The second-order valence-corrected chi connectivity index (χ2v) is 25.7. The van der Waals surface area contributed by atoms with Crippen molar-refractivity contribution in [1.29, 1.82) is 0 Å². The van der Waals surface area contributed by atoms with Crippen molar-refractivity contribution in [2.45, 2.75) is 235 Å². The van der Waals surface area contributed by atoms with Gasteiger partial charge in [-0.05, 0) is 111 Å². The molecular formula is C53H86O22. The van der Waals surface area contributed by atoms with Crippen LogP contribution >= 0.6 is 0 Å². The van der Waals surface area contributed by atoms with E-state index in [4.69, 9.17) is 37.9 Å². The first-order valence-corrected chi connectivity index (χ1v) is 27.3. The minimum atomic E-state index is -2.01. The van der Waals surface area contributed by atoms with Crippen molar-refractivity contribution in [3.05, 3.63) is 11.6 Å². The standard InChI is InChI=1S/C53H86O22/c1-23-32(58)41(74-44-38(64)36(62)40(28(20-55)71-44)73-43-37(63)35(61)34(60)27(19-54)70-43)39(65)45(69-23)75-42-33(59)26(57)21-68-46(42)72-31-11-12-49(4)29(50(31,5)22-56)10-13-52(7)30(49)9-8-24-25-18-48(2,3)14-16-53(25,47(66)67)17-15-51(24,52)6/h8,23,25-46,54-65H,9-22H2,1-7H3,(H,66,67)/t23-,25+,26-,27+,28+,29?,30+,31-,32-,33-,34+,35-,36+,37+,38+,39+,40+,41+,42+,43-,44-,45-,46-,49-,50-,51+,52+,53-/m0/s1. The zero-order valence-corrected chi connectivity index (χ0v) is 44.2. The molecule has 22 heteroatoms. The Kier molecular flexibility index (Phi) is 16.3. The highest BCUT2D eigenvalue weighted by Crippen LogP contribution is 2.76. The van der Waals surface area contributed by atoms with Crippen LogP contribution in [-0.2, 0) is 42.7 Å². The molecule has 0 radical (unpaired) electrons. The lowest BCUT2D eigenvalue weighted by molar-refractivity contribution is -0.390. The Morgan fingerprint density at radius 3 is 1.88 bits per heavy atom. The number of carboxylic acids is 1. The van der Waals surface area contributed by atoms with Gasteiger partial charge < -0.3 is 104 Å². The average Bonchev–Trinajstić information content (AvgIpc) is 3.44. The number of aliphatic carboxylic acids is 1. The Morgan fingerprint density at radius 1 is 0.613 bits per heavy atom. The van der Waals surface area contributed by atoms with E-state index in [1.165, 1.54) is 12.5 Å². The first-order chi connectivity index (χ1) is 35.2. The fourth-order valence-corrected chi connectivity index (χ4v) is 16.3. The van der Waals surface area contributed by atoms with Crippen LogP contribution in [0.5, 0.6) is 0 Å². The molecule has 0 aromatic heterocycles. The highest BCUT2D eigenvalue weighted by atomic mass is 16.8. The van der Waals surface area contributed by atoms with Gasteiger partial charge in [0.05, 0.1) is 44.1 Å². The van der Waals surface area contributed by atoms with Crippen LogP contribution in [0.4, 0.5) is 0 Å². The zero-order chi connectivity index (χ0) is 54.7. The Bertz CT molecular complexity index is 2060. The van der Waals surface area contributed by atoms with Crippen LogP contribution in [0, 0.1) is 50.2 Å². The molecule has 430 valence electrons. The lowest BCUT2D eigenvalue weighted by Crippen LogP contribution is -2.67. The summed E-state index contributed by atoms with van der Waals surface area (Å²) in [4.78, 5) is 13.2. The molecule has 75 heavy (non-hydrogen) atoms. The Labute approximate surface area is 437 Å². The molecule has 1 unspecified atom stereocenters. The fraction of sp³-hybridized carbons (Fsp3) is 0.943. The van der Waals surface area contributed by atoms with E-state index in [0.29, 0.717) is 19.3 Å². The summed E-state index contributed by atoms with van der Waals surface area (Å²) >= 11 is 0. The third-order valence-electron chi connectivity index (χ3n) is 21.2. The minimum absolute atomic E-state index is 0.0289. The summed E-state index contributed by atoms with van der Waals surface area (Å²) < 4.78 is 47.8. The maximum Gasteiger partial charge on any atom is 0.310 e. The zero-order valence-electron chi connectivity index (χ0n) is 44.2. The lowest BCUT2D eigenvalue weighted by atomic mass is 9.33. The highest BCUT2D eigenvalue weighted by molar-refractivity contribution is 5.76. The van der Waals surface area contributed by atoms with Gasteiger partial charge in [0.15, 0.2) is 25.2 Å². The Hall–Kier alpha value is -1.59. The van der Waals surface area contributed by atoms with Crippen LogP contribution in [0.25, 0.3) is 0 Å². The maximum atomic E-state index is 13.2. The molecule has 4 aliphatic heterocycles. The van der Waals surface area contributed by atoms with Crippen molar-refractivity contribution >= 4 is 5.97 Å². The molecule has 13 N–H and O–H groups in total. The predicted octanol–water partition coefficient (Wildman–Crippen LogP) is -0.830. The van der Waals surface area contributed by atoms with Crippen molar-refractivity contribution in [3.63, 3.8) is 0 Å². The van der Waals surface area contributed by atoms with E-state index in [9.17, 15) is 71.2 Å². The number of hydrogen-bond donors (Lipinski definition) is 13. The van der Waals surface area contributed by atoms with E-state index in [1.54, 1.807) is 0 Å². The van der Waals surface area contributed by atoms with E-state index >= 15 is 0 Å². The van der Waals surface area contributed by atoms with Gasteiger partial charge in [-0.15, -0.1) is 0 Å². The van der Waals surface area contributed by atoms with Crippen LogP contribution in [0.1, 0.15) is 113 Å². The van der Waals surface area contributed by atoms with Gasteiger partial charge in [-0.1, -0.05) is 53.2 Å². The number of ether oxygens (including phenoxy) is 8. The van der Waals surface area contributed by atoms with Crippen LogP contribution < -0.4 is 0 Å². The van der Waals surface area contributed by atoms with Gasteiger partial charge in [-0.3, -0.25) is 4.79 Å². The quantitative estimate of drug-likeness (QED) is 0.0838. The molecule has 8 fully saturated rings. The third kappa shape index (κ3) is 9.40. The number of hydrogen-bond acceptors (Lipinski definition) is 21. The molecule has 9 rings (SSSR count). The molecule has 0 aromatic carbocycles. The van der Waals surface area contributed by atoms with E-state index in [1.807, 2.05) is 6.92 Å². The van der Waals surface area contributed by atoms with E-state index in [2.05, 4.69) is 40.7 Å². The van der Waals surface area contributed by atoms with Gasteiger partial charge in [-0.2, -0.15) is 0 Å². The fourth-order valence-electron chi connectivity index (χ4n) is 16.3. The maximum absolute atomic E-state index is 13.2. The van der Waals surface area contributed by atoms with Crippen LogP contribution in [0.3, 0.4) is 0 Å². The Morgan fingerprint density at radius 2 is 1.23 bits per heavy atom. The van der Waals surface area contributed by atoms with Gasteiger partial charge >= 0.3 is 5.97 Å². The number of rotatable bonds is 12. The van der Waals surface area contributed by atoms with E-state index < -0.39 is 153 Å². The molecule has 0 bridgehead atoms. The summed E-state index contributed by atoms with van der Waals surface area (Å²) in [5, 5.41) is 141. The largest absolute Gasteiger partial charge is 0.481 e. The molecule has 4 saturated carbocycles. The number of carbonyl (C=O) groups is 1. The number of carboxylic acid groups (broad SMARTS) is 1. The van der Waals surface area contributed by atoms with Gasteiger partial charge in [0, 0.05) is 5.41 Å². The molecule has 0 amide bonds. The van der Waals surface area contributed by atoms with Crippen molar-refractivity contribution in [2.24, 2.45) is 50.2 Å². The first-order valence-electron chi connectivity index (χ1n) is 27.3. The molecule has 0 spiro atoms. The highest BCUT2D eigenvalue weighted by Gasteiger charge is 2.70. The van der Waals surface area contributed by atoms with Gasteiger partial charge in [-0.25, -0.2) is 0 Å². The number of aliphatic hydroxyl groups excluding tert-OH is 12. The molecule has 4 heterocycles. The van der Waals surface area contributed by atoms with E-state index in [0.717, 1.165) is 44.9 Å². The number of fused-ring (bicyclic) bond motifs is 7. The second kappa shape index (κ2) is 21.1. The summed E-state index contributed by atoms with van der Waals surface area (Å²) in [5.41, 5.74) is -0.839. The second-order valence-electron chi connectivity index (χ2n) is 25.7. The molecular weight excluding hydrogens is 989 g/mol. The first kappa shape index (κ1) is 58.1. The van der Waals surface area contributed by atoms with Gasteiger partial charge in [0.1, 0.15) is 85.5 Å². The van der Waals surface area contributed by atoms with Crippen molar-refractivity contribution in [2.75, 3.05) is 26.4 Å². The number of allylic oxidation sites excluding steroid dienone is 2. The normalized spacial score (nSPS) is 54.9.